The van der Waals surface area contributed by atoms with Crippen LogP contribution < -0.4 is 10.6 Å². The summed E-state index contributed by atoms with van der Waals surface area (Å²) in [6.07, 6.45) is -4.54. The Morgan fingerprint density at radius 1 is 1.29 bits per heavy atom. The Morgan fingerprint density at radius 3 is 2.57 bits per heavy atom. The van der Waals surface area contributed by atoms with E-state index in [0.29, 0.717) is 38.3 Å². The number of carbonyl (C=O) groups is 1. The van der Waals surface area contributed by atoms with E-state index in [1.807, 2.05) is 0 Å². The van der Waals surface area contributed by atoms with Gasteiger partial charge in [-0.3, -0.25) is 0 Å². The minimum absolute atomic E-state index is 0.187. The first-order chi connectivity index (χ1) is 9.88. The fourth-order valence-electron chi connectivity index (χ4n) is 2.04. The van der Waals surface area contributed by atoms with E-state index >= 15 is 0 Å². The van der Waals surface area contributed by atoms with Crippen molar-refractivity contribution < 1.29 is 22.4 Å². The highest BCUT2D eigenvalue weighted by molar-refractivity contribution is 5.74. The maximum atomic E-state index is 13.5. The molecule has 0 aromatic heterocycles. The number of benzene rings is 1. The van der Waals surface area contributed by atoms with Gasteiger partial charge in [0, 0.05) is 38.3 Å². The summed E-state index contributed by atoms with van der Waals surface area (Å²) in [5, 5.41) is 5.51. The molecule has 4 nitrogen and oxygen atoms in total. The number of halogens is 4. The molecule has 2 N–H and O–H groups in total. The van der Waals surface area contributed by atoms with E-state index in [1.54, 1.807) is 0 Å². The number of nitrogens with one attached hydrogen (secondary N) is 2. The maximum Gasteiger partial charge on any atom is 0.416 e. The maximum absolute atomic E-state index is 13.5. The van der Waals surface area contributed by atoms with Crippen molar-refractivity contribution in [2.75, 3.05) is 26.2 Å². The van der Waals surface area contributed by atoms with Crippen LogP contribution in [0.25, 0.3) is 0 Å². The van der Waals surface area contributed by atoms with Crippen LogP contribution in [0.5, 0.6) is 0 Å². The lowest BCUT2D eigenvalue weighted by atomic mass is 10.1. The highest BCUT2D eigenvalue weighted by atomic mass is 19.4. The second kappa shape index (κ2) is 6.30. The highest BCUT2D eigenvalue weighted by Crippen LogP contribution is 2.30. The van der Waals surface area contributed by atoms with Gasteiger partial charge in [-0.15, -0.1) is 0 Å². The number of piperazine rings is 1. The smallest absolute Gasteiger partial charge is 0.334 e. The summed E-state index contributed by atoms with van der Waals surface area (Å²) >= 11 is 0. The molecule has 0 bridgehead atoms. The van der Waals surface area contributed by atoms with Gasteiger partial charge in [-0.1, -0.05) is 0 Å². The zero-order chi connectivity index (χ0) is 15.5. The standard InChI is InChI=1S/C13H15F4N3O/c14-11-2-1-10(13(15,16)17)7-9(11)8-19-12(21)20-5-3-18-4-6-20/h1-2,7,18H,3-6,8H2,(H,19,21). The van der Waals surface area contributed by atoms with Crippen molar-refractivity contribution in [1.29, 1.82) is 0 Å². The number of urea groups is 1. The molecule has 1 saturated heterocycles. The third kappa shape index (κ3) is 4.07. The lowest BCUT2D eigenvalue weighted by Crippen LogP contribution is -2.50. The molecule has 1 aliphatic heterocycles. The molecule has 2 amide bonds. The molecule has 2 rings (SSSR count). The van der Waals surface area contributed by atoms with Gasteiger partial charge >= 0.3 is 12.2 Å². The summed E-state index contributed by atoms with van der Waals surface area (Å²) < 4.78 is 51.2. The fraction of sp³-hybridized carbons (Fsp3) is 0.462. The number of hydrogen-bond donors (Lipinski definition) is 2. The predicted octanol–water partition coefficient (Wildman–Crippen LogP) is 1.96. The zero-order valence-electron chi connectivity index (χ0n) is 11.1. The van der Waals surface area contributed by atoms with E-state index in [0.717, 1.165) is 6.07 Å². The van der Waals surface area contributed by atoms with Crippen LogP contribution in [0.4, 0.5) is 22.4 Å². The summed E-state index contributed by atoms with van der Waals surface area (Å²) in [6.45, 7) is 2.06. The topological polar surface area (TPSA) is 44.4 Å². The second-order valence-corrected chi connectivity index (χ2v) is 4.70. The first kappa shape index (κ1) is 15.6. The van der Waals surface area contributed by atoms with Gasteiger partial charge in [0.2, 0.25) is 0 Å². The zero-order valence-corrected chi connectivity index (χ0v) is 11.1. The number of nitrogens with zero attached hydrogens (tertiary/aromatic N) is 1. The molecule has 8 heteroatoms. The van der Waals surface area contributed by atoms with Crippen molar-refractivity contribution in [3.63, 3.8) is 0 Å². The Balaban J connectivity index is 2.00. The molecule has 1 aromatic rings. The van der Waals surface area contributed by atoms with Crippen LogP contribution in [0, 0.1) is 5.82 Å². The van der Waals surface area contributed by atoms with Gasteiger partial charge in [0.05, 0.1) is 5.56 Å². The summed E-state index contributed by atoms with van der Waals surface area (Å²) in [4.78, 5) is 13.3. The van der Waals surface area contributed by atoms with Crippen molar-refractivity contribution in [3.05, 3.63) is 35.1 Å². The molecule has 0 saturated carbocycles. The monoisotopic (exact) mass is 305 g/mol. The largest absolute Gasteiger partial charge is 0.416 e. The molecule has 0 atom stereocenters. The molecular weight excluding hydrogens is 290 g/mol. The van der Waals surface area contributed by atoms with Crippen molar-refractivity contribution >= 4 is 6.03 Å². The van der Waals surface area contributed by atoms with Gasteiger partial charge in [-0.05, 0) is 18.2 Å². The van der Waals surface area contributed by atoms with E-state index in [4.69, 9.17) is 0 Å². The van der Waals surface area contributed by atoms with E-state index in [1.165, 1.54) is 4.90 Å². The minimum Gasteiger partial charge on any atom is -0.334 e. The van der Waals surface area contributed by atoms with Gasteiger partial charge < -0.3 is 15.5 Å². The van der Waals surface area contributed by atoms with Crippen LogP contribution in [-0.4, -0.2) is 37.1 Å². The fourth-order valence-corrected chi connectivity index (χ4v) is 2.04. The lowest BCUT2D eigenvalue weighted by molar-refractivity contribution is -0.137. The van der Waals surface area contributed by atoms with Crippen LogP contribution in [-0.2, 0) is 12.7 Å². The third-order valence-corrected chi connectivity index (χ3v) is 3.21. The Hall–Kier alpha value is -1.83. The summed E-state index contributed by atoms with van der Waals surface area (Å²) in [5.41, 5.74) is -1.12. The number of hydrogen-bond acceptors (Lipinski definition) is 2. The molecular formula is C13H15F4N3O. The SMILES string of the molecule is O=C(NCc1cc(C(F)(F)F)ccc1F)N1CCNCC1. The van der Waals surface area contributed by atoms with Crippen LogP contribution >= 0.6 is 0 Å². The first-order valence-electron chi connectivity index (χ1n) is 6.47. The average molecular weight is 305 g/mol. The first-order valence-corrected chi connectivity index (χ1v) is 6.47. The van der Waals surface area contributed by atoms with Crippen LogP contribution in [0.3, 0.4) is 0 Å². The number of rotatable bonds is 2. The minimum atomic E-state index is -4.54. The van der Waals surface area contributed by atoms with Gasteiger partial charge in [-0.25, -0.2) is 9.18 Å². The molecule has 1 aliphatic rings. The quantitative estimate of drug-likeness (QED) is 0.821. The molecule has 0 spiro atoms. The molecule has 116 valence electrons. The van der Waals surface area contributed by atoms with E-state index in [9.17, 15) is 22.4 Å². The third-order valence-electron chi connectivity index (χ3n) is 3.21. The molecule has 0 aliphatic carbocycles. The van der Waals surface area contributed by atoms with Crippen LogP contribution in [0.15, 0.2) is 18.2 Å². The number of carbonyl (C=O) groups excluding carboxylic acids is 1. The number of amides is 2. The van der Waals surface area contributed by atoms with Crippen molar-refractivity contribution in [2.24, 2.45) is 0 Å². The van der Waals surface area contributed by atoms with Gasteiger partial charge in [0.25, 0.3) is 0 Å². The van der Waals surface area contributed by atoms with Gasteiger partial charge in [0.1, 0.15) is 5.82 Å². The predicted molar refractivity (Wildman–Crippen MR) is 68.1 cm³/mol. The van der Waals surface area contributed by atoms with E-state index in [2.05, 4.69) is 10.6 Å². The molecule has 21 heavy (non-hydrogen) atoms. The normalized spacial score (nSPS) is 15.9. The Bertz CT molecular complexity index is 513. The Morgan fingerprint density at radius 2 is 1.95 bits per heavy atom. The van der Waals surface area contributed by atoms with Crippen LogP contribution in [0.1, 0.15) is 11.1 Å². The molecule has 1 heterocycles. The van der Waals surface area contributed by atoms with Gasteiger partial charge in [0.15, 0.2) is 0 Å². The van der Waals surface area contributed by atoms with E-state index in [-0.39, 0.29) is 12.1 Å². The lowest BCUT2D eigenvalue weighted by Gasteiger charge is -2.27. The van der Waals surface area contributed by atoms with Gasteiger partial charge in [-0.2, -0.15) is 13.2 Å². The molecule has 1 aromatic carbocycles. The second-order valence-electron chi connectivity index (χ2n) is 4.70. The molecule has 0 unspecified atom stereocenters. The van der Waals surface area contributed by atoms with E-state index < -0.39 is 23.6 Å². The number of alkyl halides is 3. The van der Waals surface area contributed by atoms with Crippen molar-refractivity contribution in [1.82, 2.24) is 15.5 Å². The molecule has 1 fully saturated rings. The van der Waals surface area contributed by atoms with Crippen LogP contribution in [0.2, 0.25) is 0 Å². The Kier molecular flexibility index (Phi) is 4.66. The average Bonchev–Trinajstić information content (AvgIpc) is 2.45. The summed E-state index contributed by atoms with van der Waals surface area (Å²) in [6, 6.07) is 1.74. The van der Waals surface area contributed by atoms with Crippen molar-refractivity contribution in [3.8, 4) is 0 Å². The summed E-state index contributed by atoms with van der Waals surface area (Å²) in [5.74, 6) is -0.774. The Labute approximate surface area is 119 Å². The highest BCUT2D eigenvalue weighted by Gasteiger charge is 2.31. The molecule has 0 radical (unpaired) electrons. The van der Waals surface area contributed by atoms with Crippen molar-refractivity contribution in [2.45, 2.75) is 12.7 Å². The summed E-state index contributed by atoms with van der Waals surface area (Å²) in [7, 11) is 0.